The van der Waals surface area contributed by atoms with Crippen molar-refractivity contribution in [3.8, 4) is 0 Å². The molecule has 9 nitrogen and oxygen atoms in total. The third kappa shape index (κ3) is 3.09. The van der Waals surface area contributed by atoms with E-state index in [0.29, 0.717) is 18.1 Å². The van der Waals surface area contributed by atoms with Gasteiger partial charge in [0, 0.05) is 6.07 Å². The van der Waals surface area contributed by atoms with Crippen molar-refractivity contribution >= 4 is 23.2 Å². The van der Waals surface area contributed by atoms with Gasteiger partial charge in [0.25, 0.3) is 0 Å². The van der Waals surface area contributed by atoms with Gasteiger partial charge >= 0.3 is 5.97 Å². The number of carboxylic acid groups (broad SMARTS) is 1. The fourth-order valence-corrected chi connectivity index (χ4v) is 1.30. The summed E-state index contributed by atoms with van der Waals surface area (Å²) in [6.45, 7) is 0.385. The Morgan fingerprint density at radius 3 is 3.16 bits per heavy atom. The van der Waals surface area contributed by atoms with E-state index < -0.39 is 5.97 Å². The lowest BCUT2D eigenvalue weighted by molar-refractivity contribution is -0.129. The van der Waals surface area contributed by atoms with Gasteiger partial charge in [-0.2, -0.15) is 10.2 Å². The molecule has 0 saturated carbocycles. The highest BCUT2D eigenvalue weighted by Crippen LogP contribution is 2.08. The van der Waals surface area contributed by atoms with E-state index in [1.807, 2.05) is 0 Å². The number of hydrogen-bond donors (Lipinski definition) is 3. The number of hydrazone groups is 1. The SMILES string of the molecule is CON=C(C(=O)O)c1cc(NN=C2C=COC2)n[nH]1. The molecule has 2 rings (SSSR count). The van der Waals surface area contributed by atoms with Crippen LogP contribution in [-0.4, -0.2) is 46.4 Å². The topological polar surface area (TPSA) is 121 Å². The first-order valence-electron chi connectivity index (χ1n) is 5.21. The second-order valence-electron chi connectivity index (χ2n) is 3.42. The number of oxime groups is 1. The van der Waals surface area contributed by atoms with Crippen LogP contribution >= 0.6 is 0 Å². The summed E-state index contributed by atoms with van der Waals surface area (Å²) >= 11 is 0. The van der Waals surface area contributed by atoms with E-state index >= 15 is 0 Å². The van der Waals surface area contributed by atoms with Crippen molar-refractivity contribution in [1.82, 2.24) is 10.2 Å². The lowest BCUT2D eigenvalue weighted by Crippen LogP contribution is -2.15. The minimum atomic E-state index is -1.23. The predicted molar refractivity (Wildman–Crippen MR) is 65.9 cm³/mol. The smallest absolute Gasteiger partial charge is 0.360 e. The van der Waals surface area contributed by atoms with E-state index in [-0.39, 0.29) is 11.4 Å². The molecule has 0 fully saturated rings. The van der Waals surface area contributed by atoms with Crippen LogP contribution in [0.3, 0.4) is 0 Å². The number of aromatic amines is 1. The third-order valence-electron chi connectivity index (χ3n) is 2.12. The number of H-pyrrole nitrogens is 1. The Morgan fingerprint density at radius 2 is 2.53 bits per heavy atom. The number of nitrogens with one attached hydrogen (secondary N) is 2. The van der Waals surface area contributed by atoms with Crippen molar-refractivity contribution in [3.05, 3.63) is 24.1 Å². The maximum Gasteiger partial charge on any atom is 0.360 e. The summed E-state index contributed by atoms with van der Waals surface area (Å²) in [4.78, 5) is 15.4. The fraction of sp³-hybridized carbons (Fsp3) is 0.200. The standard InChI is InChI=1S/C10H11N5O4/c1-18-15-9(10(16)17)7-4-8(14-12-7)13-11-6-2-3-19-5-6/h2-4H,5H2,1H3,(H,16,17)(H2,12,13,14). The Kier molecular flexibility index (Phi) is 3.76. The van der Waals surface area contributed by atoms with Crippen LogP contribution in [-0.2, 0) is 14.4 Å². The molecule has 0 unspecified atom stereocenters. The summed E-state index contributed by atoms with van der Waals surface area (Å²) < 4.78 is 4.96. The molecule has 0 saturated heterocycles. The quantitative estimate of drug-likeness (QED) is 0.515. The van der Waals surface area contributed by atoms with Crippen LogP contribution in [0.4, 0.5) is 5.82 Å². The van der Waals surface area contributed by atoms with Crippen molar-refractivity contribution in [2.45, 2.75) is 0 Å². The number of anilines is 1. The monoisotopic (exact) mass is 265 g/mol. The number of rotatable bonds is 5. The molecule has 0 atom stereocenters. The lowest BCUT2D eigenvalue weighted by Gasteiger charge is -1.96. The number of ether oxygens (including phenoxy) is 1. The predicted octanol–water partition coefficient (Wildman–Crippen LogP) is 0.157. The van der Waals surface area contributed by atoms with Gasteiger partial charge in [0.05, 0.1) is 12.0 Å². The van der Waals surface area contributed by atoms with E-state index in [0.717, 1.165) is 0 Å². The van der Waals surface area contributed by atoms with Crippen molar-refractivity contribution in [1.29, 1.82) is 0 Å². The molecular weight excluding hydrogens is 254 g/mol. The zero-order chi connectivity index (χ0) is 13.7. The molecule has 100 valence electrons. The fourth-order valence-electron chi connectivity index (χ4n) is 1.30. The maximum absolute atomic E-state index is 10.9. The number of carbonyl (C=O) groups is 1. The zero-order valence-corrected chi connectivity index (χ0v) is 9.95. The van der Waals surface area contributed by atoms with Crippen LogP contribution < -0.4 is 5.43 Å². The van der Waals surface area contributed by atoms with Gasteiger partial charge in [-0.3, -0.25) is 10.5 Å². The van der Waals surface area contributed by atoms with Crippen LogP contribution in [0.5, 0.6) is 0 Å². The number of nitrogens with zero attached hydrogens (tertiary/aromatic N) is 3. The first kappa shape index (κ1) is 12.6. The summed E-state index contributed by atoms with van der Waals surface area (Å²) in [6.07, 6.45) is 3.24. The van der Waals surface area contributed by atoms with Gasteiger partial charge in [0.15, 0.2) is 5.82 Å². The highest BCUT2D eigenvalue weighted by Gasteiger charge is 2.16. The van der Waals surface area contributed by atoms with Crippen LogP contribution in [0.15, 0.2) is 28.7 Å². The summed E-state index contributed by atoms with van der Waals surface area (Å²) in [7, 11) is 1.26. The molecule has 1 aromatic heterocycles. The Morgan fingerprint density at radius 1 is 1.68 bits per heavy atom. The van der Waals surface area contributed by atoms with Gasteiger partial charge in [-0.1, -0.05) is 5.16 Å². The summed E-state index contributed by atoms with van der Waals surface area (Å²) in [5, 5.41) is 22.7. The first-order valence-corrected chi connectivity index (χ1v) is 5.21. The number of hydrogen-bond acceptors (Lipinski definition) is 7. The number of carboxylic acids is 1. The van der Waals surface area contributed by atoms with Crippen molar-refractivity contribution in [2.75, 3.05) is 19.1 Å². The van der Waals surface area contributed by atoms with Gasteiger partial charge in [-0.15, -0.1) is 0 Å². The average Bonchev–Trinajstić information content (AvgIpc) is 3.04. The molecule has 0 bridgehead atoms. The number of aliphatic carboxylic acids is 1. The molecule has 19 heavy (non-hydrogen) atoms. The third-order valence-corrected chi connectivity index (χ3v) is 2.12. The first-order chi connectivity index (χ1) is 9.20. The summed E-state index contributed by atoms with van der Waals surface area (Å²) in [5.74, 6) is -0.872. The van der Waals surface area contributed by atoms with Gasteiger partial charge in [0.1, 0.15) is 19.4 Å². The highest BCUT2D eigenvalue weighted by molar-refractivity contribution is 6.41. The second kappa shape index (κ2) is 5.67. The Hall–Kier alpha value is -2.84. The molecule has 0 spiro atoms. The van der Waals surface area contributed by atoms with Crippen molar-refractivity contribution in [2.24, 2.45) is 10.3 Å². The van der Waals surface area contributed by atoms with E-state index in [2.05, 4.69) is 30.7 Å². The molecule has 1 aliphatic rings. The molecule has 0 radical (unpaired) electrons. The molecule has 1 aliphatic heterocycles. The summed E-state index contributed by atoms with van der Waals surface area (Å²) in [6, 6.07) is 1.45. The van der Waals surface area contributed by atoms with Gasteiger partial charge < -0.3 is 14.7 Å². The largest absolute Gasteiger partial charge is 0.495 e. The highest BCUT2D eigenvalue weighted by atomic mass is 16.6. The van der Waals surface area contributed by atoms with Gasteiger partial charge in [-0.05, 0) is 6.08 Å². The molecule has 0 amide bonds. The molecular formula is C10H11N5O4. The molecule has 9 heteroatoms. The Balaban J connectivity index is 2.10. The van der Waals surface area contributed by atoms with Crippen LogP contribution in [0, 0.1) is 0 Å². The number of aromatic nitrogens is 2. The molecule has 3 N–H and O–H groups in total. The molecule has 0 aliphatic carbocycles. The van der Waals surface area contributed by atoms with E-state index in [9.17, 15) is 4.79 Å². The minimum Gasteiger partial charge on any atom is -0.495 e. The van der Waals surface area contributed by atoms with Gasteiger partial charge in [-0.25, -0.2) is 4.79 Å². The Bertz CT molecular complexity index is 560. The second-order valence-corrected chi connectivity index (χ2v) is 3.42. The van der Waals surface area contributed by atoms with E-state index in [1.165, 1.54) is 19.4 Å². The average molecular weight is 265 g/mol. The van der Waals surface area contributed by atoms with Crippen LogP contribution in [0.1, 0.15) is 5.69 Å². The van der Waals surface area contributed by atoms with E-state index in [1.54, 1.807) is 6.08 Å². The zero-order valence-electron chi connectivity index (χ0n) is 9.95. The molecule has 1 aromatic rings. The lowest BCUT2D eigenvalue weighted by atomic mass is 10.3. The minimum absolute atomic E-state index is 0.204. The molecule has 2 heterocycles. The van der Waals surface area contributed by atoms with Crippen LogP contribution in [0.2, 0.25) is 0 Å². The van der Waals surface area contributed by atoms with Gasteiger partial charge in [0.2, 0.25) is 5.71 Å². The Labute approximate surface area is 107 Å². The normalized spacial score (nSPS) is 16.5. The van der Waals surface area contributed by atoms with Crippen molar-refractivity contribution < 1.29 is 19.5 Å². The maximum atomic E-state index is 10.9. The van der Waals surface area contributed by atoms with E-state index in [4.69, 9.17) is 9.84 Å². The summed E-state index contributed by atoms with van der Waals surface area (Å²) in [5.41, 5.74) is 3.30. The van der Waals surface area contributed by atoms with Crippen molar-refractivity contribution in [3.63, 3.8) is 0 Å². The molecule has 0 aromatic carbocycles. The van der Waals surface area contributed by atoms with Crippen LogP contribution in [0.25, 0.3) is 0 Å².